The summed E-state index contributed by atoms with van der Waals surface area (Å²) < 4.78 is 0. The SMILES string of the molecule is CC(C)(O)c1cccc(B(O)O)c1. The van der Waals surface area contributed by atoms with Crippen molar-refractivity contribution in [2.24, 2.45) is 0 Å². The van der Waals surface area contributed by atoms with E-state index < -0.39 is 12.7 Å². The molecule has 0 atom stereocenters. The third kappa shape index (κ3) is 2.55. The van der Waals surface area contributed by atoms with Crippen LogP contribution in [0, 0.1) is 0 Å². The molecule has 1 rings (SSSR count). The predicted octanol–water partition coefficient (Wildman–Crippen LogP) is -0.406. The van der Waals surface area contributed by atoms with Gasteiger partial charge < -0.3 is 15.2 Å². The van der Waals surface area contributed by atoms with Crippen molar-refractivity contribution >= 4 is 12.6 Å². The smallest absolute Gasteiger partial charge is 0.423 e. The molecule has 0 aliphatic heterocycles. The molecular weight excluding hydrogens is 167 g/mol. The normalized spacial score (nSPS) is 11.5. The average molecular weight is 180 g/mol. The van der Waals surface area contributed by atoms with Gasteiger partial charge in [0.2, 0.25) is 0 Å². The highest BCUT2D eigenvalue weighted by molar-refractivity contribution is 6.58. The Bertz CT molecular complexity index is 291. The van der Waals surface area contributed by atoms with E-state index in [2.05, 4.69) is 0 Å². The Kier molecular flexibility index (Phi) is 2.76. The Morgan fingerprint density at radius 1 is 1.23 bits per heavy atom. The van der Waals surface area contributed by atoms with Gasteiger partial charge in [0.15, 0.2) is 0 Å². The zero-order valence-corrected chi connectivity index (χ0v) is 7.73. The highest BCUT2D eigenvalue weighted by Gasteiger charge is 2.18. The van der Waals surface area contributed by atoms with Gasteiger partial charge in [-0.3, -0.25) is 0 Å². The Hall–Kier alpha value is -0.835. The summed E-state index contributed by atoms with van der Waals surface area (Å²) >= 11 is 0. The highest BCUT2D eigenvalue weighted by atomic mass is 16.4. The monoisotopic (exact) mass is 180 g/mol. The molecule has 4 heteroatoms. The Labute approximate surface area is 77.8 Å². The first-order chi connectivity index (χ1) is 5.91. The summed E-state index contributed by atoms with van der Waals surface area (Å²) in [4.78, 5) is 0. The van der Waals surface area contributed by atoms with Crippen molar-refractivity contribution in [3.05, 3.63) is 29.8 Å². The van der Waals surface area contributed by atoms with Crippen LogP contribution in [-0.2, 0) is 5.60 Å². The fourth-order valence-electron chi connectivity index (χ4n) is 1.08. The summed E-state index contributed by atoms with van der Waals surface area (Å²) in [6.07, 6.45) is 0. The summed E-state index contributed by atoms with van der Waals surface area (Å²) in [5.41, 5.74) is 0.1000. The van der Waals surface area contributed by atoms with E-state index in [1.54, 1.807) is 38.1 Å². The standard InChI is InChI=1S/C9H13BO3/c1-9(2,11)7-4-3-5-8(6-7)10(12)13/h3-6,11-13H,1-2H3. The fraction of sp³-hybridized carbons (Fsp3) is 0.333. The lowest BCUT2D eigenvalue weighted by Gasteiger charge is -2.18. The second-order valence-corrected chi connectivity index (χ2v) is 3.56. The summed E-state index contributed by atoms with van der Waals surface area (Å²) in [7, 11) is -1.48. The zero-order valence-electron chi connectivity index (χ0n) is 7.73. The van der Waals surface area contributed by atoms with Gasteiger partial charge in [-0.1, -0.05) is 24.3 Å². The van der Waals surface area contributed by atoms with Gasteiger partial charge in [-0.15, -0.1) is 0 Å². The lowest BCUT2D eigenvalue weighted by molar-refractivity contribution is 0.0787. The van der Waals surface area contributed by atoms with Crippen molar-refractivity contribution in [2.75, 3.05) is 0 Å². The van der Waals surface area contributed by atoms with E-state index in [-0.39, 0.29) is 0 Å². The number of rotatable bonds is 2. The molecule has 0 bridgehead atoms. The summed E-state index contributed by atoms with van der Waals surface area (Å²) in [5, 5.41) is 27.4. The molecule has 1 aromatic rings. The molecule has 0 radical (unpaired) electrons. The maximum absolute atomic E-state index is 9.63. The number of hydrogen-bond donors (Lipinski definition) is 3. The number of aliphatic hydroxyl groups is 1. The second kappa shape index (κ2) is 3.50. The van der Waals surface area contributed by atoms with Gasteiger partial charge in [-0.05, 0) is 24.9 Å². The average Bonchev–Trinajstić information content (AvgIpc) is 2.03. The van der Waals surface area contributed by atoms with E-state index in [9.17, 15) is 5.11 Å². The van der Waals surface area contributed by atoms with Crippen LogP contribution in [0.5, 0.6) is 0 Å². The van der Waals surface area contributed by atoms with E-state index >= 15 is 0 Å². The Morgan fingerprint density at radius 2 is 1.85 bits per heavy atom. The molecule has 0 spiro atoms. The highest BCUT2D eigenvalue weighted by Crippen LogP contribution is 2.17. The van der Waals surface area contributed by atoms with Crippen molar-refractivity contribution in [3.63, 3.8) is 0 Å². The molecule has 0 heterocycles. The van der Waals surface area contributed by atoms with Gasteiger partial charge in [-0.25, -0.2) is 0 Å². The summed E-state index contributed by atoms with van der Waals surface area (Å²) in [6, 6.07) is 6.60. The number of benzene rings is 1. The quantitative estimate of drug-likeness (QED) is 0.542. The van der Waals surface area contributed by atoms with Gasteiger partial charge in [-0.2, -0.15) is 0 Å². The molecule has 0 amide bonds. The van der Waals surface area contributed by atoms with Crippen LogP contribution >= 0.6 is 0 Å². The van der Waals surface area contributed by atoms with Crippen LogP contribution in [0.2, 0.25) is 0 Å². The first-order valence-corrected chi connectivity index (χ1v) is 4.10. The molecule has 0 fully saturated rings. The second-order valence-electron chi connectivity index (χ2n) is 3.56. The minimum Gasteiger partial charge on any atom is -0.423 e. The van der Waals surface area contributed by atoms with Gasteiger partial charge in [0.25, 0.3) is 0 Å². The van der Waals surface area contributed by atoms with Gasteiger partial charge in [0.05, 0.1) is 5.60 Å². The Morgan fingerprint density at radius 3 is 2.31 bits per heavy atom. The lowest BCUT2D eigenvalue weighted by Crippen LogP contribution is -2.31. The van der Waals surface area contributed by atoms with Crippen LogP contribution in [-0.4, -0.2) is 22.3 Å². The van der Waals surface area contributed by atoms with Crippen molar-refractivity contribution < 1.29 is 15.2 Å². The first-order valence-electron chi connectivity index (χ1n) is 4.10. The third-order valence-electron chi connectivity index (χ3n) is 1.89. The van der Waals surface area contributed by atoms with Crippen LogP contribution in [0.4, 0.5) is 0 Å². The first kappa shape index (κ1) is 10.2. The molecule has 3 N–H and O–H groups in total. The van der Waals surface area contributed by atoms with Crippen LogP contribution < -0.4 is 5.46 Å². The van der Waals surface area contributed by atoms with Crippen LogP contribution in [0.3, 0.4) is 0 Å². The van der Waals surface area contributed by atoms with Gasteiger partial charge in [0, 0.05) is 0 Å². The molecule has 70 valence electrons. The number of hydrogen-bond acceptors (Lipinski definition) is 3. The molecule has 3 nitrogen and oxygen atoms in total. The van der Waals surface area contributed by atoms with E-state index in [0.29, 0.717) is 11.0 Å². The molecular formula is C9H13BO3. The van der Waals surface area contributed by atoms with Crippen molar-refractivity contribution in [1.29, 1.82) is 0 Å². The topological polar surface area (TPSA) is 60.7 Å². The minimum absolute atomic E-state index is 0.389. The van der Waals surface area contributed by atoms with E-state index in [1.165, 1.54) is 0 Å². The van der Waals surface area contributed by atoms with Crippen molar-refractivity contribution in [2.45, 2.75) is 19.4 Å². The van der Waals surface area contributed by atoms with Crippen LogP contribution in [0.25, 0.3) is 0 Å². The summed E-state index contributed by atoms with van der Waals surface area (Å²) in [6.45, 7) is 3.30. The van der Waals surface area contributed by atoms with Gasteiger partial charge in [0.1, 0.15) is 0 Å². The largest absolute Gasteiger partial charge is 0.488 e. The molecule has 0 aromatic heterocycles. The maximum atomic E-state index is 9.63. The minimum atomic E-state index is -1.48. The Balaban J connectivity index is 3.06. The predicted molar refractivity (Wildman–Crippen MR) is 51.5 cm³/mol. The molecule has 0 saturated carbocycles. The molecule has 0 saturated heterocycles. The van der Waals surface area contributed by atoms with Crippen LogP contribution in [0.15, 0.2) is 24.3 Å². The van der Waals surface area contributed by atoms with Crippen molar-refractivity contribution in [1.82, 2.24) is 0 Å². The fourth-order valence-corrected chi connectivity index (χ4v) is 1.08. The zero-order chi connectivity index (χ0) is 10.1. The maximum Gasteiger partial charge on any atom is 0.488 e. The lowest BCUT2D eigenvalue weighted by atomic mass is 9.78. The van der Waals surface area contributed by atoms with Crippen LogP contribution in [0.1, 0.15) is 19.4 Å². The molecule has 0 unspecified atom stereocenters. The van der Waals surface area contributed by atoms with Crippen molar-refractivity contribution in [3.8, 4) is 0 Å². The third-order valence-corrected chi connectivity index (χ3v) is 1.89. The van der Waals surface area contributed by atoms with E-state index in [1.807, 2.05) is 0 Å². The van der Waals surface area contributed by atoms with E-state index in [4.69, 9.17) is 10.0 Å². The summed E-state index contributed by atoms with van der Waals surface area (Å²) in [5.74, 6) is 0. The molecule has 13 heavy (non-hydrogen) atoms. The van der Waals surface area contributed by atoms with Gasteiger partial charge >= 0.3 is 7.12 Å². The molecule has 0 aliphatic rings. The van der Waals surface area contributed by atoms with E-state index in [0.717, 1.165) is 0 Å². The molecule has 0 aliphatic carbocycles. The molecule has 1 aromatic carbocycles.